The molecule has 0 radical (unpaired) electrons. The Labute approximate surface area is 181 Å². The number of hydrogen-bond acceptors (Lipinski definition) is 1. The molecule has 4 rings (SSSR count). The van der Waals surface area contributed by atoms with Crippen molar-refractivity contribution in [2.24, 2.45) is 0 Å². The molecule has 0 saturated heterocycles. The van der Waals surface area contributed by atoms with Gasteiger partial charge in [0.05, 0.1) is 0 Å². The van der Waals surface area contributed by atoms with E-state index in [-0.39, 0.29) is 5.41 Å². The summed E-state index contributed by atoms with van der Waals surface area (Å²) >= 11 is 0. The predicted molar refractivity (Wildman–Crippen MR) is 131 cm³/mol. The molecular formula is C29H31N. The fraction of sp³-hybridized carbons (Fsp3) is 0.241. The van der Waals surface area contributed by atoms with Crippen molar-refractivity contribution in [2.45, 2.75) is 38.0 Å². The van der Waals surface area contributed by atoms with Crippen LogP contribution in [0.4, 0.5) is 5.69 Å². The Morgan fingerprint density at radius 3 is 2.27 bits per heavy atom. The van der Waals surface area contributed by atoms with Crippen LogP contribution in [0.15, 0.2) is 103 Å². The quantitative estimate of drug-likeness (QED) is 0.454. The lowest BCUT2D eigenvalue weighted by Gasteiger charge is -2.28. The van der Waals surface area contributed by atoms with Crippen LogP contribution < -0.4 is 4.90 Å². The van der Waals surface area contributed by atoms with Gasteiger partial charge in [0.15, 0.2) is 0 Å². The van der Waals surface area contributed by atoms with Gasteiger partial charge in [-0.3, -0.25) is 0 Å². The van der Waals surface area contributed by atoms with Gasteiger partial charge in [-0.25, -0.2) is 0 Å². The first-order valence-corrected chi connectivity index (χ1v) is 10.8. The molecule has 2 aliphatic carbocycles. The molecule has 1 fully saturated rings. The van der Waals surface area contributed by atoms with Gasteiger partial charge in [0.2, 0.25) is 0 Å². The second-order valence-electron chi connectivity index (χ2n) is 8.50. The Hall–Kier alpha value is -3.06. The first kappa shape index (κ1) is 20.2. The second-order valence-corrected chi connectivity index (χ2v) is 8.50. The Morgan fingerprint density at radius 1 is 0.867 bits per heavy atom. The third-order valence-electron chi connectivity index (χ3n) is 6.78. The molecular weight excluding hydrogens is 362 g/mol. The standard InChI is InChI=1S/C29H31N/c1-6-11-21(2)22(3)14-15-23(4)30(5)24-16-17-26-25-12-7-8-13-27(25)29(28(26)20-24)18-9-10-19-29/h6-8,11-17,20H,2-4,9-10,18-19H2,1,5H3/b11-6-,15-14-. The second kappa shape index (κ2) is 7.99. The van der Waals surface area contributed by atoms with E-state index in [9.17, 15) is 0 Å². The summed E-state index contributed by atoms with van der Waals surface area (Å²) in [7, 11) is 2.08. The topological polar surface area (TPSA) is 3.24 Å². The molecule has 1 saturated carbocycles. The van der Waals surface area contributed by atoms with E-state index in [1.54, 1.807) is 0 Å². The van der Waals surface area contributed by atoms with Crippen LogP contribution >= 0.6 is 0 Å². The van der Waals surface area contributed by atoms with E-state index in [1.807, 2.05) is 31.2 Å². The van der Waals surface area contributed by atoms with Crippen molar-refractivity contribution in [2.75, 3.05) is 11.9 Å². The largest absolute Gasteiger partial charge is 0.345 e. The van der Waals surface area contributed by atoms with Crippen molar-refractivity contribution < 1.29 is 0 Å². The van der Waals surface area contributed by atoms with Crippen molar-refractivity contribution in [3.8, 4) is 11.1 Å². The van der Waals surface area contributed by atoms with Gasteiger partial charge in [0.25, 0.3) is 0 Å². The zero-order valence-electron chi connectivity index (χ0n) is 18.2. The predicted octanol–water partition coefficient (Wildman–Crippen LogP) is 7.72. The summed E-state index contributed by atoms with van der Waals surface area (Å²) in [5.74, 6) is 0. The third-order valence-corrected chi connectivity index (χ3v) is 6.78. The molecule has 2 aromatic rings. The summed E-state index contributed by atoms with van der Waals surface area (Å²) < 4.78 is 0. The number of hydrogen-bond donors (Lipinski definition) is 0. The summed E-state index contributed by atoms with van der Waals surface area (Å²) in [6, 6.07) is 15.9. The van der Waals surface area contributed by atoms with Crippen LogP contribution in [0.2, 0.25) is 0 Å². The highest BCUT2D eigenvalue weighted by Crippen LogP contribution is 2.57. The minimum atomic E-state index is 0.193. The van der Waals surface area contributed by atoms with Crippen molar-refractivity contribution in [3.05, 3.63) is 114 Å². The molecule has 0 unspecified atom stereocenters. The molecule has 0 N–H and O–H groups in total. The van der Waals surface area contributed by atoms with E-state index in [2.05, 4.69) is 74.1 Å². The van der Waals surface area contributed by atoms with E-state index < -0.39 is 0 Å². The van der Waals surface area contributed by atoms with Crippen LogP contribution in [0.5, 0.6) is 0 Å². The van der Waals surface area contributed by atoms with Gasteiger partial charge in [0.1, 0.15) is 0 Å². The highest BCUT2D eigenvalue weighted by Gasteiger charge is 2.44. The van der Waals surface area contributed by atoms with Crippen LogP contribution in [0.1, 0.15) is 43.7 Å². The Morgan fingerprint density at radius 2 is 1.53 bits per heavy atom. The van der Waals surface area contributed by atoms with Crippen LogP contribution in [0.25, 0.3) is 11.1 Å². The molecule has 1 nitrogen and oxygen atoms in total. The average molecular weight is 394 g/mol. The molecule has 0 bridgehead atoms. The number of benzene rings is 2. The van der Waals surface area contributed by atoms with Crippen molar-refractivity contribution in [1.82, 2.24) is 0 Å². The Kier molecular flexibility index (Phi) is 5.39. The highest BCUT2D eigenvalue weighted by molar-refractivity contribution is 5.83. The molecule has 152 valence electrons. The molecule has 0 heterocycles. The Balaban J connectivity index is 1.63. The molecule has 2 aromatic carbocycles. The van der Waals surface area contributed by atoms with Crippen molar-refractivity contribution in [3.63, 3.8) is 0 Å². The van der Waals surface area contributed by atoms with Gasteiger partial charge in [-0.15, -0.1) is 0 Å². The Bertz CT molecular complexity index is 1070. The van der Waals surface area contributed by atoms with Crippen LogP contribution in [-0.2, 0) is 5.41 Å². The van der Waals surface area contributed by atoms with Gasteiger partial charge < -0.3 is 4.90 Å². The highest BCUT2D eigenvalue weighted by atomic mass is 15.1. The molecule has 0 amide bonds. The van der Waals surface area contributed by atoms with Crippen LogP contribution in [0, 0.1) is 0 Å². The van der Waals surface area contributed by atoms with E-state index in [4.69, 9.17) is 0 Å². The molecule has 1 spiro atoms. The number of rotatable bonds is 6. The zero-order valence-corrected chi connectivity index (χ0v) is 18.2. The molecule has 1 heteroatoms. The number of allylic oxidation sites excluding steroid dienone is 6. The zero-order chi connectivity index (χ0) is 21.3. The number of fused-ring (bicyclic) bond motifs is 5. The molecule has 0 atom stereocenters. The first-order chi connectivity index (χ1) is 14.5. The smallest absolute Gasteiger partial charge is 0.0411 e. The average Bonchev–Trinajstić information content (AvgIpc) is 3.36. The summed E-state index contributed by atoms with van der Waals surface area (Å²) in [6.45, 7) is 14.4. The lowest BCUT2D eigenvalue weighted by molar-refractivity contribution is 0.550. The lowest BCUT2D eigenvalue weighted by atomic mass is 9.76. The maximum Gasteiger partial charge on any atom is 0.0411 e. The number of anilines is 1. The lowest BCUT2D eigenvalue weighted by Crippen LogP contribution is -2.21. The van der Waals surface area contributed by atoms with E-state index in [0.717, 1.165) is 16.8 Å². The van der Waals surface area contributed by atoms with Gasteiger partial charge in [-0.2, -0.15) is 0 Å². The van der Waals surface area contributed by atoms with Crippen LogP contribution in [0.3, 0.4) is 0 Å². The first-order valence-electron chi connectivity index (χ1n) is 10.8. The van der Waals surface area contributed by atoms with Gasteiger partial charge >= 0.3 is 0 Å². The molecule has 30 heavy (non-hydrogen) atoms. The summed E-state index contributed by atoms with van der Waals surface area (Å²) in [4.78, 5) is 2.16. The molecule has 2 aliphatic rings. The minimum absolute atomic E-state index is 0.193. The summed E-state index contributed by atoms with van der Waals surface area (Å²) in [6.07, 6.45) is 13.1. The van der Waals surface area contributed by atoms with Gasteiger partial charge in [-0.05, 0) is 71.4 Å². The normalized spacial score (nSPS) is 16.2. The SMILES string of the molecule is C=C(/C=C\C)C(=C)/C=C\C(=C)N(C)c1ccc2c(c1)C1(CCCC1)c1ccccc1-2. The molecule has 0 aromatic heterocycles. The van der Waals surface area contributed by atoms with Crippen molar-refractivity contribution in [1.29, 1.82) is 0 Å². The van der Waals surface area contributed by atoms with Gasteiger partial charge in [-0.1, -0.05) is 81.1 Å². The summed E-state index contributed by atoms with van der Waals surface area (Å²) in [5, 5.41) is 0. The van der Waals surface area contributed by atoms with E-state index in [0.29, 0.717) is 0 Å². The maximum atomic E-state index is 4.28. The molecule has 0 aliphatic heterocycles. The fourth-order valence-corrected chi connectivity index (χ4v) is 5.06. The minimum Gasteiger partial charge on any atom is -0.345 e. The monoisotopic (exact) mass is 393 g/mol. The number of likely N-dealkylation sites (N-methyl/N-ethyl adjacent to an activating group) is 1. The van der Waals surface area contributed by atoms with E-state index in [1.165, 1.54) is 53.6 Å². The van der Waals surface area contributed by atoms with Crippen LogP contribution in [-0.4, -0.2) is 7.05 Å². The van der Waals surface area contributed by atoms with Crippen molar-refractivity contribution >= 4 is 5.69 Å². The number of nitrogens with zero attached hydrogens (tertiary/aromatic N) is 1. The fourth-order valence-electron chi connectivity index (χ4n) is 5.06. The maximum absolute atomic E-state index is 4.28. The van der Waals surface area contributed by atoms with E-state index >= 15 is 0 Å². The third kappa shape index (κ3) is 3.29. The van der Waals surface area contributed by atoms with Gasteiger partial charge in [0, 0.05) is 23.8 Å². The summed E-state index contributed by atoms with van der Waals surface area (Å²) in [5.41, 5.74) is 9.96.